The van der Waals surface area contributed by atoms with Gasteiger partial charge in [0.05, 0.1) is 4.90 Å². The highest BCUT2D eigenvalue weighted by atomic mass is 32.2. The largest absolute Gasteiger partial charge is 0.341 e. The van der Waals surface area contributed by atoms with Crippen molar-refractivity contribution in [3.8, 4) is 0 Å². The van der Waals surface area contributed by atoms with Gasteiger partial charge in [0, 0.05) is 45.2 Å². The zero-order valence-corrected chi connectivity index (χ0v) is 19.2. The summed E-state index contributed by atoms with van der Waals surface area (Å²) >= 11 is 0. The number of carbonyl (C=O) groups is 2. The molecule has 2 fully saturated rings. The van der Waals surface area contributed by atoms with Crippen molar-refractivity contribution in [2.75, 3.05) is 32.7 Å². The molecule has 2 aliphatic rings. The minimum atomic E-state index is -3.72. The molecule has 1 saturated heterocycles. The summed E-state index contributed by atoms with van der Waals surface area (Å²) in [6.45, 7) is 1.74. The average molecular weight is 469 g/mol. The highest BCUT2D eigenvalue weighted by Crippen LogP contribution is 2.19. The van der Waals surface area contributed by atoms with Gasteiger partial charge < -0.3 is 15.5 Å². The molecule has 1 heterocycles. The number of amides is 3. The summed E-state index contributed by atoms with van der Waals surface area (Å²) in [5, 5.41) is 5.80. The van der Waals surface area contributed by atoms with Crippen molar-refractivity contribution in [1.29, 1.82) is 0 Å². The number of hydrogen-bond donors (Lipinski definition) is 2. The van der Waals surface area contributed by atoms with Gasteiger partial charge in [-0.25, -0.2) is 17.6 Å². The summed E-state index contributed by atoms with van der Waals surface area (Å²) in [7, 11) is -3.72. The predicted molar refractivity (Wildman–Crippen MR) is 119 cm³/mol. The van der Waals surface area contributed by atoms with Crippen LogP contribution in [-0.4, -0.2) is 68.3 Å². The van der Waals surface area contributed by atoms with E-state index >= 15 is 0 Å². The van der Waals surface area contributed by atoms with E-state index in [1.165, 1.54) is 22.9 Å². The van der Waals surface area contributed by atoms with Crippen LogP contribution >= 0.6 is 0 Å². The third kappa shape index (κ3) is 6.90. The number of hydrogen-bond acceptors (Lipinski definition) is 4. The smallest absolute Gasteiger partial charge is 0.315 e. The molecular formula is C22H33FN4O4S. The molecule has 3 rings (SSSR count). The van der Waals surface area contributed by atoms with Crippen LogP contribution in [-0.2, 0) is 14.8 Å². The quantitative estimate of drug-likeness (QED) is 0.601. The second-order valence-electron chi connectivity index (χ2n) is 8.43. The Hall–Kier alpha value is -2.20. The van der Waals surface area contributed by atoms with Crippen molar-refractivity contribution in [3.63, 3.8) is 0 Å². The van der Waals surface area contributed by atoms with Crippen LogP contribution in [0, 0.1) is 5.82 Å². The maximum absolute atomic E-state index is 13.1. The van der Waals surface area contributed by atoms with E-state index in [-0.39, 0.29) is 29.4 Å². The Labute approximate surface area is 189 Å². The van der Waals surface area contributed by atoms with Gasteiger partial charge in [-0.15, -0.1) is 0 Å². The third-order valence-electron chi connectivity index (χ3n) is 6.05. The van der Waals surface area contributed by atoms with Crippen LogP contribution in [0.4, 0.5) is 9.18 Å². The first kappa shape index (κ1) is 24.4. The summed E-state index contributed by atoms with van der Waals surface area (Å²) in [5.74, 6) is -0.530. The summed E-state index contributed by atoms with van der Waals surface area (Å²) < 4.78 is 40.1. The molecule has 2 N–H and O–H groups in total. The van der Waals surface area contributed by atoms with Gasteiger partial charge in [-0.1, -0.05) is 19.3 Å². The number of nitrogens with one attached hydrogen (secondary N) is 2. The van der Waals surface area contributed by atoms with E-state index in [4.69, 9.17) is 0 Å². The fraction of sp³-hybridized carbons (Fsp3) is 0.636. The van der Waals surface area contributed by atoms with Crippen LogP contribution in [0.25, 0.3) is 0 Å². The molecule has 0 unspecified atom stereocenters. The maximum Gasteiger partial charge on any atom is 0.315 e. The molecule has 32 heavy (non-hydrogen) atoms. The Morgan fingerprint density at radius 1 is 0.969 bits per heavy atom. The van der Waals surface area contributed by atoms with Gasteiger partial charge in [-0.05, 0) is 49.9 Å². The van der Waals surface area contributed by atoms with Crippen LogP contribution in [0.2, 0.25) is 0 Å². The predicted octanol–water partition coefficient (Wildman–Crippen LogP) is 2.46. The average Bonchev–Trinajstić information content (AvgIpc) is 3.05. The second kappa shape index (κ2) is 11.6. The summed E-state index contributed by atoms with van der Waals surface area (Å²) in [4.78, 5) is 26.3. The Morgan fingerprint density at radius 3 is 2.41 bits per heavy atom. The Morgan fingerprint density at radius 2 is 1.69 bits per heavy atom. The molecule has 1 aromatic rings. The number of nitrogens with zero attached hydrogens (tertiary/aromatic N) is 2. The van der Waals surface area contributed by atoms with Gasteiger partial charge in [0.15, 0.2) is 0 Å². The SMILES string of the molecule is O=C(NCCCC(=O)N1CCCN(S(=O)(=O)c2ccc(F)cc2)CC1)NC1CCCCC1. The van der Waals surface area contributed by atoms with Crippen molar-refractivity contribution < 1.29 is 22.4 Å². The molecular weight excluding hydrogens is 435 g/mol. The Kier molecular flexibility index (Phi) is 8.86. The molecule has 0 atom stereocenters. The minimum Gasteiger partial charge on any atom is -0.341 e. The zero-order chi connectivity index (χ0) is 23.0. The summed E-state index contributed by atoms with van der Waals surface area (Å²) in [6.07, 6.45) is 6.95. The molecule has 3 amide bonds. The standard InChI is InChI=1S/C22H33FN4O4S/c23-18-9-11-20(12-10-18)32(30,31)27-15-5-14-26(16-17-27)21(28)8-4-13-24-22(29)25-19-6-2-1-3-7-19/h9-12,19H,1-8,13-17H2,(H2,24,25,29). The Bertz CT molecular complexity index is 872. The molecule has 8 nitrogen and oxygen atoms in total. The van der Waals surface area contributed by atoms with Gasteiger partial charge in [-0.3, -0.25) is 4.79 Å². The van der Waals surface area contributed by atoms with Crippen molar-refractivity contribution in [2.24, 2.45) is 0 Å². The second-order valence-corrected chi connectivity index (χ2v) is 10.4. The number of sulfonamides is 1. The third-order valence-corrected chi connectivity index (χ3v) is 7.97. The van der Waals surface area contributed by atoms with E-state index in [1.54, 1.807) is 4.90 Å². The zero-order valence-electron chi connectivity index (χ0n) is 18.4. The van der Waals surface area contributed by atoms with Crippen LogP contribution in [0.3, 0.4) is 0 Å². The first-order valence-electron chi connectivity index (χ1n) is 11.4. The van der Waals surface area contributed by atoms with Gasteiger partial charge in [-0.2, -0.15) is 4.31 Å². The van der Waals surface area contributed by atoms with E-state index in [2.05, 4.69) is 10.6 Å². The molecule has 0 spiro atoms. The van der Waals surface area contributed by atoms with Crippen LogP contribution in [0.5, 0.6) is 0 Å². The Balaban J connectivity index is 1.39. The molecule has 0 aromatic heterocycles. The molecule has 178 valence electrons. The van der Waals surface area contributed by atoms with E-state index in [0.717, 1.165) is 37.8 Å². The first-order valence-corrected chi connectivity index (χ1v) is 12.9. The molecule has 1 aromatic carbocycles. The molecule has 1 aliphatic carbocycles. The lowest BCUT2D eigenvalue weighted by Crippen LogP contribution is -2.43. The summed E-state index contributed by atoms with van der Waals surface area (Å²) in [6, 6.07) is 4.84. The molecule has 0 radical (unpaired) electrons. The van der Waals surface area contributed by atoms with Gasteiger partial charge in [0.2, 0.25) is 15.9 Å². The van der Waals surface area contributed by atoms with Crippen molar-refractivity contribution in [3.05, 3.63) is 30.1 Å². The molecule has 1 saturated carbocycles. The normalized spacial score (nSPS) is 18.7. The minimum absolute atomic E-state index is 0.0412. The van der Waals surface area contributed by atoms with Crippen molar-refractivity contribution >= 4 is 22.0 Å². The van der Waals surface area contributed by atoms with Crippen LogP contribution in [0.15, 0.2) is 29.2 Å². The fourth-order valence-corrected chi connectivity index (χ4v) is 5.69. The van der Waals surface area contributed by atoms with Crippen molar-refractivity contribution in [2.45, 2.75) is 62.3 Å². The first-order chi connectivity index (χ1) is 15.4. The number of benzene rings is 1. The lowest BCUT2D eigenvalue weighted by Gasteiger charge is -2.23. The van der Waals surface area contributed by atoms with E-state index < -0.39 is 15.8 Å². The number of rotatable bonds is 7. The van der Waals surface area contributed by atoms with Gasteiger partial charge >= 0.3 is 6.03 Å². The molecule has 1 aliphatic heterocycles. The van der Waals surface area contributed by atoms with E-state index in [1.807, 2.05) is 0 Å². The number of urea groups is 1. The van der Waals surface area contributed by atoms with Gasteiger partial charge in [0.1, 0.15) is 5.82 Å². The highest BCUT2D eigenvalue weighted by Gasteiger charge is 2.28. The van der Waals surface area contributed by atoms with Crippen LogP contribution < -0.4 is 10.6 Å². The van der Waals surface area contributed by atoms with Gasteiger partial charge in [0.25, 0.3) is 0 Å². The maximum atomic E-state index is 13.1. The lowest BCUT2D eigenvalue weighted by atomic mass is 9.96. The van der Waals surface area contributed by atoms with E-state index in [9.17, 15) is 22.4 Å². The highest BCUT2D eigenvalue weighted by molar-refractivity contribution is 7.89. The number of halogens is 1. The lowest BCUT2D eigenvalue weighted by molar-refractivity contribution is -0.131. The summed E-state index contributed by atoms with van der Waals surface area (Å²) in [5.41, 5.74) is 0. The number of carbonyl (C=O) groups excluding carboxylic acids is 2. The molecule has 0 bridgehead atoms. The molecule has 10 heteroatoms. The van der Waals surface area contributed by atoms with E-state index in [0.29, 0.717) is 45.4 Å². The van der Waals surface area contributed by atoms with Crippen molar-refractivity contribution in [1.82, 2.24) is 19.8 Å². The fourth-order valence-electron chi connectivity index (χ4n) is 4.22. The monoisotopic (exact) mass is 468 g/mol. The topological polar surface area (TPSA) is 98.8 Å². The van der Waals surface area contributed by atoms with Crippen LogP contribution in [0.1, 0.15) is 51.4 Å².